The van der Waals surface area contributed by atoms with Crippen LogP contribution in [0.3, 0.4) is 0 Å². The maximum atomic E-state index is 5.41. The molecule has 0 amide bonds. The van der Waals surface area contributed by atoms with Crippen LogP contribution >= 0.6 is 0 Å². The molecule has 13 heavy (non-hydrogen) atoms. The summed E-state index contributed by atoms with van der Waals surface area (Å²) < 4.78 is 10.8. The van der Waals surface area contributed by atoms with Gasteiger partial charge in [-0.3, -0.25) is 0 Å². The second-order valence-electron chi connectivity index (χ2n) is 4.78. The maximum absolute atomic E-state index is 5.41. The van der Waals surface area contributed by atoms with E-state index in [1.807, 2.05) is 0 Å². The summed E-state index contributed by atoms with van der Waals surface area (Å²) in [5, 5.41) is 3.15. The van der Waals surface area contributed by atoms with E-state index in [0.717, 1.165) is 26.1 Å². The Morgan fingerprint density at radius 2 is 2.00 bits per heavy atom. The molecule has 78 valence electrons. The Morgan fingerprint density at radius 3 is 2.46 bits per heavy atom. The summed E-state index contributed by atoms with van der Waals surface area (Å²) in [6, 6.07) is 0. The monoisotopic (exact) mass is 187 g/mol. The minimum Gasteiger partial charge on any atom is -0.355 e. The first-order valence-corrected chi connectivity index (χ1v) is 4.98. The predicted octanol–water partition coefficient (Wildman–Crippen LogP) is 1.39. The van der Waals surface area contributed by atoms with Crippen molar-refractivity contribution < 1.29 is 9.47 Å². The van der Waals surface area contributed by atoms with Crippen LogP contribution in [0.15, 0.2) is 0 Å². The van der Waals surface area contributed by atoms with Gasteiger partial charge in [-0.25, -0.2) is 0 Å². The van der Waals surface area contributed by atoms with Crippen LogP contribution in [0.2, 0.25) is 0 Å². The van der Waals surface area contributed by atoms with Gasteiger partial charge in [-0.15, -0.1) is 0 Å². The zero-order valence-electron chi connectivity index (χ0n) is 8.93. The van der Waals surface area contributed by atoms with Gasteiger partial charge in [0.15, 0.2) is 0 Å². The van der Waals surface area contributed by atoms with Crippen LogP contribution in [0.5, 0.6) is 0 Å². The van der Waals surface area contributed by atoms with Crippen molar-refractivity contribution in [3.8, 4) is 0 Å². The van der Waals surface area contributed by atoms with Gasteiger partial charge in [0, 0.05) is 19.7 Å². The first-order valence-electron chi connectivity index (χ1n) is 4.98. The number of hydrogen-bond acceptors (Lipinski definition) is 3. The van der Waals surface area contributed by atoms with Crippen molar-refractivity contribution in [2.45, 2.75) is 33.3 Å². The second kappa shape index (κ2) is 4.94. The minimum absolute atomic E-state index is 0.359. The molecule has 1 heterocycles. The molecular formula is C10H21NO2. The molecule has 1 rings (SSSR count). The van der Waals surface area contributed by atoms with E-state index < -0.39 is 0 Å². The third kappa shape index (κ3) is 5.24. The standard InChI is InChI=1S/C10H21NO2/c1-10(2,3)4-5-12-8-13-9-6-11-7-9/h9,11H,4-8H2,1-3H3. The van der Waals surface area contributed by atoms with Crippen LogP contribution in [0, 0.1) is 5.41 Å². The molecule has 1 N–H and O–H groups in total. The Hall–Kier alpha value is -0.120. The summed E-state index contributed by atoms with van der Waals surface area (Å²) in [4.78, 5) is 0. The zero-order valence-corrected chi connectivity index (χ0v) is 8.93. The lowest BCUT2D eigenvalue weighted by molar-refractivity contribution is -0.106. The van der Waals surface area contributed by atoms with Crippen LogP contribution in [0.4, 0.5) is 0 Å². The van der Waals surface area contributed by atoms with Gasteiger partial charge in [0.1, 0.15) is 6.79 Å². The zero-order chi connectivity index (χ0) is 9.73. The molecule has 1 fully saturated rings. The van der Waals surface area contributed by atoms with Gasteiger partial charge in [0.25, 0.3) is 0 Å². The lowest BCUT2D eigenvalue weighted by Gasteiger charge is -2.27. The molecule has 1 aliphatic rings. The van der Waals surface area contributed by atoms with Gasteiger partial charge >= 0.3 is 0 Å². The molecule has 0 aromatic rings. The molecule has 0 aliphatic carbocycles. The largest absolute Gasteiger partial charge is 0.355 e. The summed E-state index contributed by atoms with van der Waals surface area (Å²) in [5.74, 6) is 0. The number of nitrogens with one attached hydrogen (secondary N) is 1. The maximum Gasteiger partial charge on any atom is 0.147 e. The summed E-state index contributed by atoms with van der Waals surface area (Å²) in [5.41, 5.74) is 0.359. The lowest BCUT2D eigenvalue weighted by Crippen LogP contribution is -2.48. The van der Waals surface area contributed by atoms with Gasteiger partial charge in [-0.05, 0) is 11.8 Å². The highest BCUT2D eigenvalue weighted by Crippen LogP contribution is 2.17. The van der Waals surface area contributed by atoms with Gasteiger partial charge in [-0.2, -0.15) is 0 Å². The van der Waals surface area contributed by atoms with E-state index >= 15 is 0 Å². The first kappa shape index (κ1) is 11.0. The SMILES string of the molecule is CC(C)(C)CCOCOC1CNC1. The van der Waals surface area contributed by atoms with Crippen molar-refractivity contribution in [3.05, 3.63) is 0 Å². The number of rotatable bonds is 5. The molecule has 0 saturated carbocycles. The third-order valence-electron chi connectivity index (χ3n) is 2.13. The van der Waals surface area contributed by atoms with E-state index in [2.05, 4.69) is 26.1 Å². The molecule has 0 bridgehead atoms. The Bertz CT molecular complexity index is 138. The minimum atomic E-state index is 0.359. The highest BCUT2D eigenvalue weighted by atomic mass is 16.7. The highest BCUT2D eigenvalue weighted by molar-refractivity contribution is 4.73. The fraction of sp³-hybridized carbons (Fsp3) is 1.00. The molecule has 0 unspecified atom stereocenters. The molecule has 1 aliphatic heterocycles. The molecule has 0 atom stereocenters. The second-order valence-corrected chi connectivity index (χ2v) is 4.78. The topological polar surface area (TPSA) is 30.5 Å². The Labute approximate surface area is 80.8 Å². The lowest BCUT2D eigenvalue weighted by atomic mass is 9.93. The summed E-state index contributed by atoms with van der Waals surface area (Å²) in [6.07, 6.45) is 1.47. The molecule has 3 heteroatoms. The average Bonchev–Trinajstić information content (AvgIpc) is 1.90. The van der Waals surface area contributed by atoms with Crippen LogP contribution in [-0.2, 0) is 9.47 Å². The van der Waals surface area contributed by atoms with E-state index in [0.29, 0.717) is 18.3 Å². The van der Waals surface area contributed by atoms with Crippen LogP contribution in [-0.4, -0.2) is 32.6 Å². The van der Waals surface area contributed by atoms with E-state index in [-0.39, 0.29) is 0 Å². The quantitative estimate of drug-likeness (QED) is 0.521. The molecule has 0 spiro atoms. The molecule has 0 radical (unpaired) electrons. The van der Waals surface area contributed by atoms with Crippen molar-refractivity contribution in [3.63, 3.8) is 0 Å². The van der Waals surface area contributed by atoms with E-state index in [1.165, 1.54) is 0 Å². The molecular weight excluding hydrogens is 166 g/mol. The molecule has 0 aromatic heterocycles. The van der Waals surface area contributed by atoms with Crippen molar-refractivity contribution >= 4 is 0 Å². The Balaban J connectivity index is 1.83. The van der Waals surface area contributed by atoms with Crippen LogP contribution in [0.1, 0.15) is 27.2 Å². The van der Waals surface area contributed by atoms with Crippen molar-refractivity contribution in [2.24, 2.45) is 5.41 Å². The Morgan fingerprint density at radius 1 is 1.31 bits per heavy atom. The van der Waals surface area contributed by atoms with Crippen LogP contribution in [0.25, 0.3) is 0 Å². The Kier molecular flexibility index (Phi) is 4.16. The number of hydrogen-bond donors (Lipinski definition) is 1. The van der Waals surface area contributed by atoms with Crippen molar-refractivity contribution in [2.75, 3.05) is 26.5 Å². The predicted molar refractivity (Wildman–Crippen MR) is 52.6 cm³/mol. The number of ether oxygens (including phenoxy) is 2. The van der Waals surface area contributed by atoms with Crippen molar-refractivity contribution in [1.82, 2.24) is 5.32 Å². The van der Waals surface area contributed by atoms with Gasteiger partial charge in [0.2, 0.25) is 0 Å². The summed E-state index contributed by atoms with van der Waals surface area (Å²) in [7, 11) is 0. The van der Waals surface area contributed by atoms with Gasteiger partial charge < -0.3 is 14.8 Å². The third-order valence-corrected chi connectivity index (χ3v) is 2.13. The van der Waals surface area contributed by atoms with E-state index in [4.69, 9.17) is 9.47 Å². The van der Waals surface area contributed by atoms with Crippen molar-refractivity contribution in [1.29, 1.82) is 0 Å². The molecule has 3 nitrogen and oxygen atoms in total. The fourth-order valence-corrected chi connectivity index (χ4v) is 0.962. The average molecular weight is 187 g/mol. The fourth-order valence-electron chi connectivity index (χ4n) is 0.962. The van der Waals surface area contributed by atoms with E-state index in [9.17, 15) is 0 Å². The van der Waals surface area contributed by atoms with E-state index in [1.54, 1.807) is 0 Å². The van der Waals surface area contributed by atoms with Gasteiger partial charge in [0.05, 0.1) is 6.10 Å². The van der Waals surface area contributed by atoms with Gasteiger partial charge in [-0.1, -0.05) is 20.8 Å². The first-order chi connectivity index (χ1) is 6.08. The normalized spacial score (nSPS) is 18.7. The van der Waals surface area contributed by atoms with Crippen LogP contribution < -0.4 is 5.32 Å². The smallest absolute Gasteiger partial charge is 0.147 e. The summed E-state index contributed by atoms with van der Waals surface area (Å²) >= 11 is 0. The molecule has 0 aromatic carbocycles. The molecule has 1 saturated heterocycles. The highest BCUT2D eigenvalue weighted by Gasteiger charge is 2.16. The summed E-state index contributed by atoms with van der Waals surface area (Å²) in [6.45, 7) is 9.84.